The average Bonchev–Trinajstić information content (AvgIpc) is 3.31. The monoisotopic (exact) mass is 619 g/mol. The van der Waals surface area contributed by atoms with Crippen molar-refractivity contribution >= 4 is 39.0 Å². The second-order valence-corrected chi connectivity index (χ2v) is 14.0. The van der Waals surface area contributed by atoms with E-state index in [4.69, 9.17) is 5.11 Å². The molecule has 1 aliphatic carbocycles. The molecule has 232 valence electrons. The van der Waals surface area contributed by atoms with Gasteiger partial charge in [0, 0.05) is 53.9 Å². The van der Waals surface area contributed by atoms with Gasteiger partial charge in [-0.3, -0.25) is 14.1 Å². The standard InChI is InChI=1S/C34H38N2O7S/c1-6-35-26-13-10-9-12-24(26)33(2,3)28(35)19-22-31(39)23(32(22)40)20-29-34(4,5)25-18-21(44(41,42)43)15-16-27(25)36(29)17-11-7-8-14-30(37)38/h9-10,12-13,15-16,18-20H,6-8,11,14,17H2,1-5H3,(H2-,37,38,39,40,41,42,43)/p+1. The molecule has 44 heavy (non-hydrogen) atoms. The summed E-state index contributed by atoms with van der Waals surface area (Å²) in [6, 6.07) is 12.6. The van der Waals surface area contributed by atoms with Crippen molar-refractivity contribution in [2.75, 3.05) is 18.0 Å². The molecule has 2 aliphatic heterocycles. The fraction of sp³-hybridized carbons (Fsp3) is 0.382. The number of allylic oxidation sites excluding steroid dienone is 5. The van der Waals surface area contributed by atoms with Crippen LogP contribution in [0.2, 0.25) is 0 Å². The molecule has 2 heterocycles. The van der Waals surface area contributed by atoms with Crippen LogP contribution in [0.5, 0.6) is 0 Å². The number of hydrogen-bond acceptors (Lipinski definition) is 6. The molecular formula is C34H39N2O7S+. The first-order chi connectivity index (χ1) is 20.6. The molecule has 0 aromatic heterocycles. The van der Waals surface area contributed by atoms with Gasteiger partial charge in [-0.25, -0.2) is 0 Å². The minimum atomic E-state index is -4.44. The molecule has 0 amide bonds. The Bertz CT molecular complexity index is 1810. The van der Waals surface area contributed by atoms with Crippen molar-refractivity contribution < 1.29 is 37.3 Å². The lowest BCUT2D eigenvalue weighted by atomic mass is 9.77. The van der Waals surface area contributed by atoms with Gasteiger partial charge in [0.2, 0.25) is 11.5 Å². The number of carbonyl (C=O) groups is 2. The number of ketones is 1. The molecule has 2 aromatic carbocycles. The van der Waals surface area contributed by atoms with Crippen molar-refractivity contribution in [3.63, 3.8) is 0 Å². The van der Waals surface area contributed by atoms with Crippen LogP contribution >= 0.6 is 0 Å². The van der Waals surface area contributed by atoms with Gasteiger partial charge in [-0.15, -0.1) is 0 Å². The van der Waals surface area contributed by atoms with Crippen LogP contribution in [0.1, 0.15) is 71.4 Å². The van der Waals surface area contributed by atoms with Crippen molar-refractivity contribution in [2.24, 2.45) is 0 Å². The van der Waals surface area contributed by atoms with E-state index in [2.05, 4.69) is 30.9 Å². The minimum Gasteiger partial charge on any atom is -0.506 e. The summed E-state index contributed by atoms with van der Waals surface area (Å²) < 4.78 is 35.6. The maximum absolute atomic E-state index is 13.6. The number of aliphatic carboxylic acids is 1. The lowest BCUT2D eigenvalue weighted by molar-refractivity contribution is -0.438. The number of fused-ring (bicyclic) bond motifs is 2. The van der Waals surface area contributed by atoms with Crippen LogP contribution in [0.15, 0.2) is 82.1 Å². The number of rotatable bonds is 10. The summed E-state index contributed by atoms with van der Waals surface area (Å²) >= 11 is 0. The predicted octanol–water partition coefficient (Wildman–Crippen LogP) is 5.98. The molecular weight excluding hydrogens is 580 g/mol. The van der Waals surface area contributed by atoms with E-state index in [1.54, 1.807) is 18.2 Å². The van der Waals surface area contributed by atoms with Crippen LogP contribution < -0.4 is 4.90 Å². The van der Waals surface area contributed by atoms with Gasteiger partial charge in [0.1, 0.15) is 12.3 Å². The summed E-state index contributed by atoms with van der Waals surface area (Å²) in [5.74, 6) is -1.22. The first kappa shape index (κ1) is 31.4. The molecule has 0 saturated carbocycles. The first-order valence-electron chi connectivity index (χ1n) is 14.9. The molecule has 0 atom stereocenters. The number of anilines is 1. The van der Waals surface area contributed by atoms with E-state index in [0.717, 1.165) is 22.6 Å². The van der Waals surface area contributed by atoms with Gasteiger partial charge in [-0.1, -0.05) is 32.0 Å². The fourth-order valence-electron chi connectivity index (χ4n) is 6.66. The molecule has 0 spiro atoms. The average molecular weight is 620 g/mol. The first-order valence-corrected chi connectivity index (χ1v) is 16.3. The predicted molar refractivity (Wildman–Crippen MR) is 168 cm³/mol. The van der Waals surface area contributed by atoms with Crippen LogP contribution in [0.3, 0.4) is 0 Å². The molecule has 0 saturated heterocycles. The van der Waals surface area contributed by atoms with E-state index >= 15 is 0 Å². The summed E-state index contributed by atoms with van der Waals surface area (Å²) in [5, 5.41) is 20.2. The molecule has 0 radical (unpaired) electrons. The Morgan fingerprint density at radius 1 is 0.977 bits per heavy atom. The second kappa shape index (κ2) is 11.2. The number of benzene rings is 2. The van der Waals surface area contributed by atoms with Crippen LogP contribution in [0.4, 0.5) is 11.4 Å². The zero-order valence-electron chi connectivity index (χ0n) is 25.7. The Labute approximate surface area is 258 Å². The smallest absolute Gasteiger partial charge is 0.303 e. The number of hydrogen-bond donors (Lipinski definition) is 3. The van der Waals surface area contributed by atoms with Gasteiger partial charge in [0.05, 0.1) is 21.5 Å². The highest BCUT2D eigenvalue weighted by Crippen LogP contribution is 2.49. The van der Waals surface area contributed by atoms with Crippen LogP contribution in [0, 0.1) is 0 Å². The molecule has 10 heteroatoms. The van der Waals surface area contributed by atoms with Crippen molar-refractivity contribution in [3.8, 4) is 0 Å². The Hall–Kier alpha value is -4.02. The molecule has 0 fully saturated rings. The van der Waals surface area contributed by atoms with Gasteiger partial charge >= 0.3 is 5.97 Å². The molecule has 5 rings (SSSR count). The van der Waals surface area contributed by atoms with Gasteiger partial charge in [0.25, 0.3) is 10.1 Å². The van der Waals surface area contributed by atoms with Crippen LogP contribution in [-0.4, -0.2) is 58.3 Å². The van der Waals surface area contributed by atoms with E-state index in [1.165, 1.54) is 12.1 Å². The quantitative estimate of drug-likeness (QED) is 0.128. The number of aliphatic hydroxyl groups is 1. The number of Topliss-reactive ketones (excluding diaryl/α,β-unsaturated/α-hetero) is 1. The summed E-state index contributed by atoms with van der Waals surface area (Å²) in [7, 11) is -4.44. The van der Waals surface area contributed by atoms with Crippen LogP contribution in [0.25, 0.3) is 0 Å². The number of unbranched alkanes of at least 4 members (excludes halogenated alkanes) is 2. The van der Waals surface area contributed by atoms with E-state index in [9.17, 15) is 27.7 Å². The van der Waals surface area contributed by atoms with Gasteiger partial charge in [-0.2, -0.15) is 13.0 Å². The Kier molecular flexibility index (Phi) is 7.97. The third-order valence-electron chi connectivity index (χ3n) is 9.11. The summed E-state index contributed by atoms with van der Waals surface area (Å²) in [6.07, 6.45) is 5.38. The highest BCUT2D eigenvalue weighted by atomic mass is 32.2. The van der Waals surface area contributed by atoms with E-state index < -0.39 is 21.5 Å². The number of carboxylic acid groups (broad SMARTS) is 1. The molecule has 0 bridgehead atoms. The largest absolute Gasteiger partial charge is 0.506 e. The number of aliphatic hydroxyl groups excluding tert-OH is 1. The van der Waals surface area contributed by atoms with Gasteiger partial charge in [-0.05, 0) is 63.5 Å². The minimum absolute atomic E-state index is 0.0726. The third-order valence-corrected chi connectivity index (χ3v) is 9.96. The van der Waals surface area contributed by atoms with Crippen molar-refractivity contribution in [2.45, 2.75) is 76.0 Å². The van der Waals surface area contributed by atoms with Crippen molar-refractivity contribution in [1.29, 1.82) is 0 Å². The van der Waals surface area contributed by atoms with Crippen molar-refractivity contribution in [1.82, 2.24) is 0 Å². The number of likely N-dealkylation sites (N-methyl/N-ethyl adjacent to an activating group) is 1. The Morgan fingerprint density at radius 2 is 1.68 bits per heavy atom. The maximum Gasteiger partial charge on any atom is 0.303 e. The topological polar surface area (TPSA) is 135 Å². The van der Waals surface area contributed by atoms with Crippen molar-refractivity contribution in [3.05, 3.63) is 88.3 Å². The number of carboxylic acids is 1. The SMILES string of the molecule is CCN1C(=CC2=C(O)C(=CC3=[N+](CCCCCC(=O)O)c4ccc(S(=O)(=O)O)cc4C3(C)C)C2=O)C(C)(C)c2ccccc21. The number of nitrogens with zero attached hydrogens (tertiary/aromatic N) is 2. The highest BCUT2D eigenvalue weighted by Gasteiger charge is 2.47. The zero-order chi connectivity index (χ0) is 32.2. The summed E-state index contributed by atoms with van der Waals surface area (Å²) in [5.41, 5.74) is 4.53. The Balaban J connectivity index is 1.55. The molecule has 3 N–H and O–H groups in total. The number of carbonyl (C=O) groups excluding carboxylic acids is 1. The van der Waals surface area contributed by atoms with E-state index in [0.29, 0.717) is 43.6 Å². The molecule has 3 aliphatic rings. The third kappa shape index (κ3) is 5.20. The van der Waals surface area contributed by atoms with E-state index in [-0.39, 0.29) is 39.4 Å². The fourth-order valence-corrected chi connectivity index (χ4v) is 7.17. The number of para-hydroxylation sites is 1. The van der Waals surface area contributed by atoms with Gasteiger partial charge < -0.3 is 15.1 Å². The molecule has 0 unspecified atom stereocenters. The summed E-state index contributed by atoms with van der Waals surface area (Å²) in [4.78, 5) is 26.5. The summed E-state index contributed by atoms with van der Waals surface area (Å²) in [6.45, 7) is 11.3. The highest BCUT2D eigenvalue weighted by molar-refractivity contribution is 7.85. The second-order valence-electron chi connectivity index (χ2n) is 12.6. The lowest BCUT2D eigenvalue weighted by Crippen LogP contribution is -2.32. The Morgan fingerprint density at radius 3 is 2.32 bits per heavy atom. The van der Waals surface area contributed by atoms with E-state index in [1.807, 2.05) is 37.5 Å². The zero-order valence-corrected chi connectivity index (χ0v) is 26.5. The normalized spacial score (nSPS) is 20.4. The molecule has 2 aromatic rings. The maximum atomic E-state index is 13.6. The van der Waals surface area contributed by atoms with Crippen LogP contribution in [-0.2, 0) is 30.5 Å². The molecule has 9 nitrogen and oxygen atoms in total. The lowest BCUT2D eigenvalue weighted by Gasteiger charge is -2.28. The van der Waals surface area contributed by atoms with Gasteiger partial charge in [0.15, 0.2) is 5.71 Å².